The van der Waals surface area contributed by atoms with Crippen molar-refractivity contribution >= 4 is 29.9 Å². The molecule has 0 fully saturated rings. The zero-order valence-corrected chi connectivity index (χ0v) is 12.6. The molecule has 22 heavy (non-hydrogen) atoms. The molecule has 0 bridgehead atoms. The summed E-state index contributed by atoms with van der Waals surface area (Å²) in [6.07, 6.45) is -0.585. The van der Waals surface area contributed by atoms with Gasteiger partial charge in [0.05, 0.1) is 12.0 Å². The lowest BCUT2D eigenvalue weighted by molar-refractivity contribution is 0.211. The van der Waals surface area contributed by atoms with Gasteiger partial charge in [-0.05, 0) is 41.9 Å². The highest BCUT2D eigenvalue weighted by Crippen LogP contribution is 2.22. The number of rotatable bonds is 7. The number of hydrogen-bond donors (Lipinski definition) is 4. The van der Waals surface area contributed by atoms with E-state index >= 15 is 0 Å². The summed E-state index contributed by atoms with van der Waals surface area (Å²) in [5.74, 6) is 1.44. The van der Waals surface area contributed by atoms with Crippen molar-refractivity contribution in [2.45, 2.75) is 6.10 Å². The van der Waals surface area contributed by atoms with Crippen LogP contribution in [0.4, 0.5) is 5.69 Å². The van der Waals surface area contributed by atoms with E-state index in [2.05, 4.69) is 5.32 Å². The van der Waals surface area contributed by atoms with Gasteiger partial charge in [0, 0.05) is 12.2 Å². The fourth-order valence-electron chi connectivity index (χ4n) is 1.78. The maximum absolute atomic E-state index is 9.38. The van der Waals surface area contributed by atoms with Crippen LogP contribution >= 0.6 is 11.6 Å². The fourth-order valence-corrected chi connectivity index (χ4v) is 1.88. The summed E-state index contributed by atoms with van der Waals surface area (Å²) in [6, 6.07) is 13.8. The number of benzene rings is 2. The van der Waals surface area contributed by atoms with E-state index in [4.69, 9.17) is 26.4 Å². The highest BCUT2D eigenvalue weighted by molar-refractivity contribution is 6.58. The van der Waals surface area contributed by atoms with Crippen molar-refractivity contribution in [3.05, 3.63) is 48.5 Å². The molecule has 4 N–H and O–H groups in total. The number of hydrogen-bond acceptors (Lipinski definition) is 5. The second-order valence-corrected chi connectivity index (χ2v) is 5.07. The molecule has 5 nitrogen and oxygen atoms in total. The van der Waals surface area contributed by atoms with Gasteiger partial charge in [0.1, 0.15) is 11.5 Å². The van der Waals surface area contributed by atoms with Crippen LogP contribution in [0.5, 0.6) is 11.5 Å². The van der Waals surface area contributed by atoms with E-state index in [1.54, 1.807) is 36.4 Å². The van der Waals surface area contributed by atoms with E-state index in [1.807, 2.05) is 12.1 Å². The summed E-state index contributed by atoms with van der Waals surface area (Å²) in [6.45, 7) is 0.384. The molecule has 0 radical (unpaired) electrons. The Morgan fingerprint density at radius 2 is 1.55 bits per heavy atom. The van der Waals surface area contributed by atoms with Gasteiger partial charge in [-0.1, -0.05) is 12.1 Å². The first-order valence-corrected chi connectivity index (χ1v) is 7.34. The highest BCUT2D eigenvalue weighted by Gasteiger charge is 2.10. The average Bonchev–Trinajstić information content (AvgIpc) is 2.54. The second-order valence-electron chi connectivity index (χ2n) is 4.76. The van der Waals surface area contributed by atoms with Crippen LogP contribution in [0.25, 0.3) is 0 Å². The van der Waals surface area contributed by atoms with Crippen molar-refractivity contribution in [2.24, 2.45) is 0 Å². The van der Waals surface area contributed by atoms with Gasteiger partial charge in [-0.3, -0.25) is 0 Å². The van der Waals surface area contributed by atoms with Crippen molar-refractivity contribution in [1.82, 2.24) is 0 Å². The number of aliphatic hydroxyl groups is 1. The molecule has 116 valence electrons. The Hall–Kier alpha value is -1.73. The van der Waals surface area contributed by atoms with Crippen LogP contribution < -0.4 is 15.5 Å². The molecule has 1 unspecified atom stereocenters. The van der Waals surface area contributed by atoms with Crippen LogP contribution in [-0.4, -0.2) is 40.8 Å². The van der Waals surface area contributed by atoms with Crippen LogP contribution in [0, 0.1) is 0 Å². The lowest BCUT2D eigenvalue weighted by Gasteiger charge is -2.11. The number of aliphatic hydroxyl groups excluding tert-OH is 1. The third-order valence-electron chi connectivity index (χ3n) is 2.99. The molecule has 0 aliphatic carbocycles. The van der Waals surface area contributed by atoms with Gasteiger partial charge in [0.25, 0.3) is 0 Å². The van der Waals surface area contributed by atoms with E-state index in [0.717, 1.165) is 5.69 Å². The van der Waals surface area contributed by atoms with E-state index in [-0.39, 0.29) is 5.88 Å². The Morgan fingerprint density at radius 3 is 2.05 bits per heavy atom. The molecule has 0 saturated carbocycles. The van der Waals surface area contributed by atoms with E-state index in [1.165, 1.54) is 0 Å². The molecule has 0 aromatic heterocycles. The second kappa shape index (κ2) is 8.05. The van der Waals surface area contributed by atoms with Gasteiger partial charge in [0.15, 0.2) is 0 Å². The monoisotopic (exact) mass is 321 g/mol. The molecule has 0 heterocycles. The maximum atomic E-state index is 9.38. The molecule has 0 amide bonds. The first-order chi connectivity index (χ1) is 10.6. The molecular weight excluding hydrogens is 304 g/mol. The normalized spacial score (nSPS) is 11.8. The molecule has 2 aromatic rings. The van der Waals surface area contributed by atoms with Crippen molar-refractivity contribution < 1.29 is 19.9 Å². The number of nitrogens with one attached hydrogen (secondary N) is 1. The van der Waals surface area contributed by atoms with Crippen LogP contribution in [0.1, 0.15) is 0 Å². The van der Waals surface area contributed by atoms with E-state index in [0.29, 0.717) is 23.5 Å². The zero-order chi connectivity index (χ0) is 15.9. The molecule has 0 aliphatic rings. The van der Waals surface area contributed by atoms with Crippen LogP contribution in [-0.2, 0) is 0 Å². The highest BCUT2D eigenvalue weighted by atomic mass is 35.5. The van der Waals surface area contributed by atoms with Gasteiger partial charge < -0.3 is 25.2 Å². The minimum absolute atomic E-state index is 0.187. The minimum atomic E-state index is -1.48. The van der Waals surface area contributed by atoms with Gasteiger partial charge >= 0.3 is 7.12 Å². The average molecular weight is 322 g/mol. The number of anilines is 1. The summed E-state index contributed by atoms with van der Waals surface area (Å²) in [7, 11) is -1.48. The maximum Gasteiger partial charge on any atom is 0.488 e. The van der Waals surface area contributed by atoms with Gasteiger partial charge in [0.2, 0.25) is 0 Å². The van der Waals surface area contributed by atoms with Crippen LogP contribution in [0.3, 0.4) is 0 Å². The van der Waals surface area contributed by atoms with Crippen molar-refractivity contribution in [3.63, 3.8) is 0 Å². The van der Waals surface area contributed by atoms with E-state index < -0.39 is 13.2 Å². The molecule has 0 aliphatic heterocycles. The van der Waals surface area contributed by atoms with Crippen molar-refractivity contribution in [2.75, 3.05) is 17.7 Å². The smallest absolute Gasteiger partial charge is 0.457 e. The predicted molar refractivity (Wildman–Crippen MR) is 88.0 cm³/mol. The Morgan fingerprint density at radius 1 is 1.00 bits per heavy atom. The van der Waals surface area contributed by atoms with Crippen LogP contribution in [0.15, 0.2) is 48.5 Å². The summed E-state index contributed by atoms with van der Waals surface area (Å²) in [5.41, 5.74) is 1.26. The van der Waals surface area contributed by atoms with Gasteiger partial charge in [-0.15, -0.1) is 11.6 Å². The van der Waals surface area contributed by atoms with Crippen molar-refractivity contribution in [3.8, 4) is 11.5 Å². The summed E-state index contributed by atoms with van der Waals surface area (Å²) in [5, 5.41) is 30.5. The molecule has 0 saturated heterocycles. The third-order valence-corrected chi connectivity index (χ3v) is 3.34. The Balaban J connectivity index is 1.93. The first kappa shape index (κ1) is 16.6. The SMILES string of the molecule is OB(O)c1ccc(Oc2ccc(NCC(O)CCl)cc2)cc1. The molecule has 1 atom stereocenters. The number of ether oxygens (including phenoxy) is 1. The summed E-state index contributed by atoms with van der Waals surface area (Å²) in [4.78, 5) is 0. The number of alkyl halides is 1. The molecule has 2 aromatic carbocycles. The largest absolute Gasteiger partial charge is 0.488 e. The molecule has 7 heteroatoms. The van der Waals surface area contributed by atoms with E-state index in [9.17, 15) is 5.11 Å². The molecular formula is C15H17BClNO4. The topological polar surface area (TPSA) is 82.0 Å². The van der Waals surface area contributed by atoms with Gasteiger partial charge in [-0.25, -0.2) is 0 Å². The Bertz CT molecular complexity index is 577. The minimum Gasteiger partial charge on any atom is -0.457 e. The summed E-state index contributed by atoms with van der Waals surface area (Å²) >= 11 is 5.52. The molecule has 0 spiro atoms. The summed E-state index contributed by atoms with van der Waals surface area (Å²) < 4.78 is 5.65. The lowest BCUT2D eigenvalue weighted by atomic mass is 9.80. The third kappa shape index (κ3) is 4.93. The standard InChI is InChI=1S/C15H17BClNO4/c17-9-13(19)10-18-12-3-7-15(8-4-12)22-14-5-1-11(2-6-14)16(20)21/h1-8,13,18-21H,9-10H2. The van der Waals surface area contributed by atoms with Crippen LogP contribution in [0.2, 0.25) is 0 Å². The first-order valence-electron chi connectivity index (χ1n) is 6.80. The Kier molecular flexibility index (Phi) is 6.09. The predicted octanol–water partition coefficient (Wildman–Crippen LogP) is 1.17. The molecule has 2 rings (SSSR count). The van der Waals surface area contributed by atoms with Gasteiger partial charge in [-0.2, -0.15) is 0 Å². The lowest BCUT2D eigenvalue weighted by Crippen LogP contribution is -2.29. The van der Waals surface area contributed by atoms with Crippen molar-refractivity contribution in [1.29, 1.82) is 0 Å². The quantitative estimate of drug-likeness (QED) is 0.455. The fraction of sp³-hybridized carbons (Fsp3) is 0.200. The number of halogens is 1. The zero-order valence-electron chi connectivity index (χ0n) is 11.8. The Labute approximate surface area is 134 Å².